The highest BCUT2D eigenvalue weighted by atomic mass is 16.5. The molecule has 0 aromatic rings. The summed E-state index contributed by atoms with van der Waals surface area (Å²) in [5.74, 6) is -2.36. The van der Waals surface area contributed by atoms with E-state index in [9.17, 15) is 19.2 Å². The predicted molar refractivity (Wildman–Crippen MR) is 68.8 cm³/mol. The standard InChI is InChI=1S/C12H20N2O6/c1-3-20-11(18)4-5-13-12(19)14-9(15)6-8(2)7-10(16)17/h8H,3-7H2,1-2H3,(H,16,17)(H2,13,14,15,19). The van der Waals surface area contributed by atoms with E-state index in [-0.39, 0.29) is 38.3 Å². The zero-order chi connectivity index (χ0) is 15.5. The first kappa shape index (κ1) is 17.9. The van der Waals surface area contributed by atoms with Crippen molar-refractivity contribution in [3.8, 4) is 0 Å². The van der Waals surface area contributed by atoms with Crippen LogP contribution in [0.2, 0.25) is 0 Å². The summed E-state index contributed by atoms with van der Waals surface area (Å²) >= 11 is 0. The summed E-state index contributed by atoms with van der Waals surface area (Å²) in [7, 11) is 0. The number of urea groups is 1. The molecule has 20 heavy (non-hydrogen) atoms. The molecule has 0 saturated carbocycles. The van der Waals surface area contributed by atoms with Gasteiger partial charge in [0.2, 0.25) is 5.91 Å². The molecule has 0 saturated heterocycles. The van der Waals surface area contributed by atoms with Gasteiger partial charge in [-0.15, -0.1) is 0 Å². The molecule has 0 fully saturated rings. The number of hydrogen-bond acceptors (Lipinski definition) is 5. The van der Waals surface area contributed by atoms with E-state index < -0.39 is 23.9 Å². The van der Waals surface area contributed by atoms with Crippen molar-refractivity contribution in [2.75, 3.05) is 13.2 Å². The average Bonchev–Trinajstić information content (AvgIpc) is 2.27. The number of imide groups is 1. The highest BCUT2D eigenvalue weighted by Crippen LogP contribution is 2.06. The van der Waals surface area contributed by atoms with Crippen molar-refractivity contribution in [2.45, 2.75) is 33.1 Å². The van der Waals surface area contributed by atoms with E-state index in [0.717, 1.165) is 0 Å². The summed E-state index contributed by atoms with van der Waals surface area (Å²) in [5, 5.41) is 12.9. The Morgan fingerprint density at radius 2 is 1.85 bits per heavy atom. The predicted octanol–water partition coefficient (Wildman–Crippen LogP) is 0.266. The van der Waals surface area contributed by atoms with E-state index in [4.69, 9.17) is 5.11 Å². The fourth-order valence-corrected chi connectivity index (χ4v) is 1.42. The van der Waals surface area contributed by atoms with Crippen molar-refractivity contribution >= 4 is 23.9 Å². The Labute approximate surface area is 116 Å². The zero-order valence-corrected chi connectivity index (χ0v) is 11.6. The second kappa shape index (κ2) is 9.76. The van der Waals surface area contributed by atoms with Gasteiger partial charge in [-0.05, 0) is 12.8 Å². The molecule has 8 nitrogen and oxygen atoms in total. The molecule has 0 bridgehead atoms. The quantitative estimate of drug-likeness (QED) is 0.551. The van der Waals surface area contributed by atoms with Crippen LogP contribution in [-0.4, -0.2) is 42.1 Å². The second-order valence-electron chi connectivity index (χ2n) is 4.27. The first-order valence-electron chi connectivity index (χ1n) is 6.30. The molecular weight excluding hydrogens is 268 g/mol. The number of hydrogen-bond donors (Lipinski definition) is 3. The van der Waals surface area contributed by atoms with Crippen molar-refractivity contribution in [1.82, 2.24) is 10.6 Å². The van der Waals surface area contributed by atoms with Crippen LogP contribution >= 0.6 is 0 Å². The topological polar surface area (TPSA) is 122 Å². The Hall–Kier alpha value is -2.12. The maximum atomic E-state index is 11.4. The van der Waals surface area contributed by atoms with Crippen LogP contribution in [0.1, 0.15) is 33.1 Å². The summed E-state index contributed by atoms with van der Waals surface area (Å²) < 4.78 is 4.66. The number of carbonyl (C=O) groups excluding carboxylic acids is 3. The minimum Gasteiger partial charge on any atom is -0.481 e. The van der Waals surface area contributed by atoms with Crippen molar-refractivity contribution in [3.63, 3.8) is 0 Å². The number of ether oxygens (including phenoxy) is 1. The van der Waals surface area contributed by atoms with Gasteiger partial charge in [0.15, 0.2) is 0 Å². The van der Waals surface area contributed by atoms with E-state index in [2.05, 4.69) is 15.4 Å². The Bertz CT molecular complexity index is 369. The Morgan fingerprint density at radius 3 is 2.40 bits per heavy atom. The van der Waals surface area contributed by atoms with Gasteiger partial charge in [-0.2, -0.15) is 0 Å². The average molecular weight is 288 g/mol. The number of carbonyl (C=O) groups is 4. The summed E-state index contributed by atoms with van der Waals surface area (Å²) in [6, 6.07) is -0.721. The first-order valence-corrected chi connectivity index (χ1v) is 6.30. The van der Waals surface area contributed by atoms with Gasteiger partial charge in [0.05, 0.1) is 13.0 Å². The Balaban J connectivity index is 3.82. The molecule has 0 rings (SSSR count). The molecule has 114 valence electrons. The lowest BCUT2D eigenvalue weighted by Crippen LogP contribution is -2.40. The van der Waals surface area contributed by atoms with Crippen LogP contribution in [0.4, 0.5) is 4.79 Å². The van der Waals surface area contributed by atoms with Crippen LogP contribution in [0.5, 0.6) is 0 Å². The van der Waals surface area contributed by atoms with E-state index in [1.54, 1.807) is 13.8 Å². The SMILES string of the molecule is CCOC(=O)CCNC(=O)NC(=O)CC(C)CC(=O)O. The molecule has 0 heterocycles. The smallest absolute Gasteiger partial charge is 0.321 e. The van der Waals surface area contributed by atoms with Gasteiger partial charge >= 0.3 is 18.0 Å². The third-order valence-corrected chi connectivity index (χ3v) is 2.23. The van der Waals surface area contributed by atoms with E-state index >= 15 is 0 Å². The van der Waals surface area contributed by atoms with Crippen LogP contribution in [0.15, 0.2) is 0 Å². The third-order valence-electron chi connectivity index (χ3n) is 2.23. The number of esters is 1. The number of carboxylic acids is 1. The van der Waals surface area contributed by atoms with Crippen molar-refractivity contribution < 1.29 is 29.0 Å². The van der Waals surface area contributed by atoms with Gasteiger partial charge in [-0.3, -0.25) is 19.7 Å². The molecule has 0 aromatic heterocycles. The Kier molecular flexibility index (Phi) is 8.73. The zero-order valence-electron chi connectivity index (χ0n) is 11.6. The van der Waals surface area contributed by atoms with Crippen LogP contribution in [0, 0.1) is 5.92 Å². The molecule has 0 aliphatic rings. The van der Waals surface area contributed by atoms with Crippen molar-refractivity contribution in [1.29, 1.82) is 0 Å². The van der Waals surface area contributed by atoms with Gasteiger partial charge in [0.1, 0.15) is 0 Å². The second-order valence-corrected chi connectivity index (χ2v) is 4.27. The maximum Gasteiger partial charge on any atom is 0.321 e. The number of carboxylic acid groups (broad SMARTS) is 1. The van der Waals surface area contributed by atoms with Crippen molar-refractivity contribution in [2.24, 2.45) is 5.92 Å². The number of nitrogens with one attached hydrogen (secondary N) is 2. The van der Waals surface area contributed by atoms with E-state index in [1.807, 2.05) is 0 Å². The fraction of sp³-hybridized carbons (Fsp3) is 0.667. The molecule has 0 spiro atoms. The maximum absolute atomic E-state index is 11.4. The molecule has 0 aliphatic carbocycles. The molecule has 0 radical (unpaired) electrons. The fourth-order valence-electron chi connectivity index (χ4n) is 1.42. The lowest BCUT2D eigenvalue weighted by Gasteiger charge is -2.09. The van der Waals surface area contributed by atoms with Gasteiger partial charge in [-0.25, -0.2) is 4.79 Å². The molecule has 1 atom stereocenters. The number of rotatable bonds is 8. The van der Waals surface area contributed by atoms with Crippen molar-refractivity contribution in [3.05, 3.63) is 0 Å². The summed E-state index contributed by atoms with van der Waals surface area (Å²) in [4.78, 5) is 44.1. The van der Waals surface area contributed by atoms with Gasteiger partial charge in [0, 0.05) is 19.4 Å². The summed E-state index contributed by atoms with van der Waals surface area (Å²) in [6.45, 7) is 3.61. The number of amides is 3. The monoisotopic (exact) mass is 288 g/mol. The first-order chi connectivity index (χ1) is 9.35. The van der Waals surface area contributed by atoms with Crippen LogP contribution in [-0.2, 0) is 19.1 Å². The van der Waals surface area contributed by atoms with Crippen LogP contribution in [0.3, 0.4) is 0 Å². The molecule has 3 amide bonds. The highest BCUT2D eigenvalue weighted by Gasteiger charge is 2.14. The lowest BCUT2D eigenvalue weighted by atomic mass is 10.0. The molecule has 0 aliphatic heterocycles. The molecular formula is C12H20N2O6. The van der Waals surface area contributed by atoms with Gasteiger partial charge < -0.3 is 15.2 Å². The largest absolute Gasteiger partial charge is 0.481 e. The summed E-state index contributed by atoms with van der Waals surface area (Å²) in [6.07, 6.45) is -0.180. The minimum atomic E-state index is -0.996. The lowest BCUT2D eigenvalue weighted by molar-refractivity contribution is -0.143. The van der Waals surface area contributed by atoms with E-state index in [0.29, 0.717) is 0 Å². The minimum absolute atomic E-state index is 0.0187. The summed E-state index contributed by atoms with van der Waals surface area (Å²) in [5.41, 5.74) is 0. The number of aliphatic carboxylic acids is 1. The molecule has 8 heteroatoms. The normalized spacial score (nSPS) is 11.3. The highest BCUT2D eigenvalue weighted by molar-refractivity contribution is 5.94. The molecule has 3 N–H and O–H groups in total. The molecule has 1 unspecified atom stereocenters. The van der Waals surface area contributed by atoms with E-state index in [1.165, 1.54) is 0 Å². The van der Waals surface area contributed by atoms with Crippen LogP contribution < -0.4 is 10.6 Å². The third kappa shape index (κ3) is 9.86. The Morgan fingerprint density at radius 1 is 1.20 bits per heavy atom. The van der Waals surface area contributed by atoms with Gasteiger partial charge in [-0.1, -0.05) is 6.92 Å². The molecule has 0 aromatic carbocycles. The van der Waals surface area contributed by atoms with Gasteiger partial charge in [0.25, 0.3) is 0 Å². The van der Waals surface area contributed by atoms with Crippen LogP contribution in [0.25, 0.3) is 0 Å².